The first-order valence-electron chi connectivity index (χ1n) is 8.31. The minimum Gasteiger partial charge on any atom is -0.486 e. The van der Waals surface area contributed by atoms with Gasteiger partial charge in [-0.15, -0.1) is 0 Å². The van der Waals surface area contributed by atoms with Crippen molar-refractivity contribution in [3.63, 3.8) is 0 Å². The molecule has 8 heteroatoms. The molecule has 0 fully saturated rings. The summed E-state index contributed by atoms with van der Waals surface area (Å²) in [7, 11) is 0. The van der Waals surface area contributed by atoms with Crippen LogP contribution >= 0.6 is 11.6 Å². The number of benzene rings is 2. The molecule has 1 aromatic heterocycles. The molecule has 28 heavy (non-hydrogen) atoms. The molecular weight excluding hydrogens is 382 g/mol. The van der Waals surface area contributed by atoms with Crippen LogP contribution in [-0.2, 0) is 11.4 Å². The number of carbonyl (C=O) groups excluding carboxylic acids is 1. The van der Waals surface area contributed by atoms with Crippen molar-refractivity contribution in [2.75, 3.05) is 5.73 Å². The lowest BCUT2D eigenvalue weighted by molar-refractivity contribution is 0.0475. The minimum atomic E-state index is -0.779. The van der Waals surface area contributed by atoms with Gasteiger partial charge in [-0.3, -0.25) is 0 Å². The summed E-state index contributed by atoms with van der Waals surface area (Å²) in [6, 6.07) is 15.2. The summed E-state index contributed by atoms with van der Waals surface area (Å²) in [6.07, 6.45) is 0. The number of hydrogen-bond acceptors (Lipinski definition) is 6. The van der Waals surface area contributed by atoms with Crippen LogP contribution in [0.15, 0.2) is 64.2 Å². The Morgan fingerprint density at radius 2 is 1.96 bits per heavy atom. The van der Waals surface area contributed by atoms with Crippen LogP contribution in [0.1, 0.15) is 27.4 Å². The number of oxime groups is 1. The first kappa shape index (κ1) is 19.3. The normalized spacial score (nSPS) is 11.3. The maximum absolute atomic E-state index is 12.1. The van der Waals surface area contributed by atoms with Gasteiger partial charge in [0.2, 0.25) is 5.76 Å². The van der Waals surface area contributed by atoms with Gasteiger partial charge in [-0.25, -0.2) is 4.79 Å². The highest BCUT2D eigenvalue weighted by Crippen LogP contribution is 2.19. The Morgan fingerprint density at radius 3 is 2.75 bits per heavy atom. The molecule has 0 saturated heterocycles. The van der Waals surface area contributed by atoms with Crippen molar-refractivity contribution in [1.29, 1.82) is 0 Å². The summed E-state index contributed by atoms with van der Waals surface area (Å²) in [5.74, 6) is 0.261. The third-order valence-corrected chi connectivity index (χ3v) is 4.15. The molecule has 0 aliphatic heterocycles. The number of amidine groups is 1. The molecule has 144 valence electrons. The Balaban J connectivity index is 1.61. The highest BCUT2D eigenvalue weighted by atomic mass is 35.5. The number of furan rings is 1. The quantitative estimate of drug-likeness (QED) is 0.214. The summed E-state index contributed by atoms with van der Waals surface area (Å²) in [5, 5.41) is 4.23. The third kappa shape index (κ3) is 4.63. The topological polar surface area (TPSA) is 113 Å². The van der Waals surface area contributed by atoms with Gasteiger partial charge in [0.1, 0.15) is 18.1 Å². The highest BCUT2D eigenvalue weighted by Gasteiger charge is 2.14. The van der Waals surface area contributed by atoms with Crippen LogP contribution in [0.3, 0.4) is 0 Å². The lowest BCUT2D eigenvalue weighted by Gasteiger charge is -2.06. The standard InChI is InChI=1S/C20H18ClN3O4/c1-12-16(6-3-7-17(12)22)19(23)24-28-20(25)18-9-8-15(27-18)11-26-14-5-2-4-13(21)10-14/h2-10H,11,22H2,1H3,(H2,23,24). The Hall–Kier alpha value is -3.45. The van der Waals surface area contributed by atoms with Crippen LogP contribution in [-0.4, -0.2) is 11.8 Å². The Morgan fingerprint density at radius 1 is 1.18 bits per heavy atom. The number of anilines is 1. The van der Waals surface area contributed by atoms with Crippen LogP contribution in [0.5, 0.6) is 5.75 Å². The minimum absolute atomic E-state index is 0.0226. The van der Waals surface area contributed by atoms with Gasteiger partial charge in [0.15, 0.2) is 5.84 Å². The van der Waals surface area contributed by atoms with Crippen molar-refractivity contribution >= 4 is 29.1 Å². The second kappa shape index (κ2) is 8.49. The van der Waals surface area contributed by atoms with Crippen LogP contribution in [0.2, 0.25) is 5.02 Å². The summed E-state index contributed by atoms with van der Waals surface area (Å²) < 4.78 is 11.0. The lowest BCUT2D eigenvalue weighted by Crippen LogP contribution is -2.17. The molecule has 3 aromatic rings. The molecule has 0 spiro atoms. The van der Waals surface area contributed by atoms with Gasteiger partial charge in [0, 0.05) is 16.3 Å². The third-order valence-electron chi connectivity index (χ3n) is 3.92. The van der Waals surface area contributed by atoms with Crippen molar-refractivity contribution in [2.24, 2.45) is 10.9 Å². The molecule has 4 N–H and O–H groups in total. The van der Waals surface area contributed by atoms with Crippen molar-refractivity contribution in [3.05, 3.63) is 82.3 Å². The summed E-state index contributed by atoms with van der Waals surface area (Å²) >= 11 is 5.90. The van der Waals surface area contributed by atoms with Crippen LogP contribution in [0, 0.1) is 6.92 Å². The van der Waals surface area contributed by atoms with E-state index in [1.165, 1.54) is 6.07 Å². The van der Waals surface area contributed by atoms with Crippen LogP contribution in [0.4, 0.5) is 5.69 Å². The zero-order chi connectivity index (χ0) is 20.1. The average molecular weight is 400 g/mol. The Bertz CT molecular complexity index is 1030. The number of halogens is 1. The van der Waals surface area contributed by atoms with Gasteiger partial charge in [-0.05, 0) is 48.9 Å². The average Bonchev–Trinajstić information content (AvgIpc) is 3.15. The summed E-state index contributed by atoms with van der Waals surface area (Å²) in [4.78, 5) is 17.0. The van der Waals surface area contributed by atoms with Crippen LogP contribution < -0.4 is 16.2 Å². The zero-order valence-corrected chi connectivity index (χ0v) is 15.8. The summed E-state index contributed by atoms with van der Waals surface area (Å²) in [5.41, 5.74) is 13.6. The number of carbonyl (C=O) groups is 1. The number of nitrogen functional groups attached to an aromatic ring is 1. The lowest BCUT2D eigenvalue weighted by atomic mass is 10.1. The molecule has 0 amide bonds. The smallest absolute Gasteiger partial charge is 0.400 e. The molecule has 3 rings (SSSR count). The second-order valence-corrected chi connectivity index (χ2v) is 6.32. The molecular formula is C20H18ClN3O4. The second-order valence-electron chi connectivity index (χ2n) is 5.89. The molecule has 0 atom stereocenters. The molecule has 0 bridgehead atoms. The van der Waals surface area contributed by atoms with E-state index in [1.807, 2.05) is 0 Å². The molecule has 0 saturated carbocycles. The van der Waals surface area contributed by atoms with Crippen LogP contribution in [0.25, 0.3) is 0 Å². The van der Waals surface area contributed by atoms with Gasteiger partial charge < -0.3 is 25.5 Å². The number of nitrogens with two attached hydrogens (primary N) is 2. The van der Waals surface area contributed by atoms with E-state index in [4.69, 9.17) is 37.1 Å². The molecule has 0 unspecified atom stereocenters. The van der Waals surface area contributed by atoms with Gasteiger partial charge in [-0.1, -0.05) is 35.0 Å². The Kier molecular flexibility index (Phi) is 5.86. The van der Waals surface area contributed by atoms with Gasteiger partial charge >= 0.3 is 5.97 Å². The predicted molar refractivity (Wildman–Crippen MR) is 106 cm³/mol. The van der Waals surface area contributed by atoms with E-state index in [0.717, 1.165) is 5.56 Å². The molecule has 0 radical (unpaired) electrons. The van der Waals surface area contributed by atoms with Gasteiger partial charge in [0.05, 0.1) is 0 Å². The molecule has 0 aliphatic rings. The zero-order valence-electron chi connectivity index (χ0n) is 15.0. The van der Waals surface area contributed by atoms with Crippen molar-refractivity contribution < 1.29 is 18.8 Å². The largest absolute Gasteiger partial charge is 0.486 e. The van der Waals surface area contributed by atoms with Crippen molar-refractivity contribution in [2.45, 2.75) is 13.5 Å². The maximum Gasteiger partial charge on any atom is 0.400 e. The monoisotopic (exact) mass is 399 g/mol. The van der Waals surface area contributed by atoms with E-state index < -0.39 is 5.97 Å². The molecule has 0 aliphatic carbocycles. The van der Waals surface area contributed by atoms with E-state index in [-0.39, 0.29) is 18.2 Å². The van der Waals surface area contributed by atoms with E-state index in [9.17, 15) is 4.79 Å². The fraction of sp³-hybridized carbons (Fsp3) is 0.100. The van der Waals surface area contributed by atoms with E-state index in [1.54, 1.807) is 55.5 Å². The fourth-order valence-electron chi connectivity index (χ4n) is 2.39. The highest BCUT2D eigenvalue weighted by molar-refractivity contribution is 6.30. The van der Waals surface area contributed by atoms with Gasteiger partial charge in [-0.2, -0.15) is 0 Å². The maximum atomic E-state index is 12.1. The number of nitrogens with zero attached hydrogens (tertiary/aromatic N) is 1. The van der Waals surface area contributed by atoms with Gasteiger partial charge in [0.25, 0.3) is 0 Å². The number of ether oxygens (including phenoxy) is 1. The first-order valence-corrected chi connectivity index (χ1v) is 8.69. The fourth-order valence-corrected chi connectivity index (χ4v) is 2.57. The van der Waals surface area contributed by atoms with E-state index in [0.29, 0.717) is 27.8 Å². The molecule has 7 nitrogen and oxygen atoms in total. The molecule has 1 heterocycles. The number of hydrogen-bond donors (Lipinski definition) is 2. The first-order chi connectivity index (χ1) is 13.4. The SMILES string of the molecule is Cc1c(N)cccc1/C(N)=N/OC(=O)c1ccc(COc2cccc(Cl)c2)o1. The molecule has 2 aromatic carbocycles. The number of rotatable bonds is 6. The van der Waals surface area contributed by atoms with Crippen molar-refractivity contribution in [3.8, 4) is 5.75 Å². The Labute approximate surface area is 166 Å². The summed E-state index contributed by atoms with van der Waals surface area (Å²) in [6.45, 7) is 1.93. The predicted octanol–water partition coefficient (Wildman–Crippen LogP) is 3.88. The van der Waals surface area contributed by atoms with Crippen molar-refractivity contribution in [1.82, 2.24) is 0 Å². The van der Waals surface area contributed by atoms with E-state index >= 15 is 0 Å². The van der Waals surface area contributed by atoms with E-state index in [2.05, 4.69) is 5.16 Å².